The van der Waals surface area contributed by atoms with Crippen LogP contribution in [0.5, 0.6) is 0 Å². The second-order valence-electron chi connectivity index (χ2n) is 5.59. The molecule has 0 aliphatic carbocycles. The molecule has 0 heterocycles. The molecule has 0 aromatic heterocycles. The van der Waals surface area contributed by atoms with Gasteiger partial charge in [-0.3, -0.25) is 0 Å². The Hall–Kier alpha value is -2.51. The molecule has 0 aliphatic rings. The first-order valence-electron chi connectivity index (χ1n) is 6.71. The summed E-state index contributed by atoms with van der Waals surface area (Å²) in [5.74, 6) is -1.12. The number of aliphatic carboxylic acids is 1. The summed E-state index contributed by atoms with van der Waals surface area (Å²) < 4.78 is 5.39. The largest absolute Gasteiger partial charge is 0.478 e. The van der Waals surface area contributed by atoms with Gasteiger partial charge >= 0.3 is 12.0 Å². The van der Waals surface area contributed by atoms with E-state index in [4.69, 9.17) is 21.0 Å². The predicted octanol–water partition coefficient (Wildman–Crippen LogP) is 1.15. The SMILES string of the molecule is CC(C)CO/C(N/C=C/C(C)(C)NC(N)=O)=C(/C=N)C(=O)O. The van der Waals surface area contributed by atoms with Crippen LogP contribution < -0.4 is 16.4 Å². The monoisotopic (exact) mass is 312 g/mol. The van der Waals surface area contributed by atoms with Crippen LogP contribution in [0.15, 0.2) is 23.7 Å². The van der Waals surface area contributed by atoms with Gasteiger partial charge in [0.05, 0.1) is 12.1 Å². The summed E-state index contributed by atoms with van der Waals surface area (Å²) in [7, 11) is 0. The normalized spacial score (nSPS) is 12.8. The molecule has 0 rings (SSSR count). The number of carbonyl (C=O) groups excluding carboxylic acids is 1. The number of amides is 2. The van der Waals surface area contributed by atoms with E-state index in [0.29, 0.717) is 12.8 Å². The van der Waals surface area contributed by atoms with Crippen LogP contribution in [0, 0.1) is 11.3 Å². The van der Waals surface area contributed by atoms with Crippen molar-refractivity contribution in [3.63, 3.8) is 0 Å². The van der Waals surface area contributed by atoms with Gasteiger partial charge in [-0.2, -0.15) is 0 Å². The van der Waals surface area contributed by atoms with E-state index < -0.39 is 17.5 Å². The Bertz CT molecular complexity index is 481. The molecule has 0 spiro atoms. The first-order valence-corrected chi connectivity index (χ1v) is 6.71. The van der Waals surface area contributed by atoms with Crippen molar-refractivity contribution in [2.75, 3.05) is 6.61 Å². The lowest BCUT2D eigenvalue weighted by Crippen LogP contribution is -2.44. The number of carboxylic acid groups (broad SMARTS) is 1. The third-order valence-electron chi connectivity index (χ3n) is 2.34. The van der Waals surface area contributed by atoms with E-state index in [1.165, 1.54) is 6.20 Å². The van der Waals surface area contributed by atoms with Gasteiger partial charge in [-0.25, -0.2) is 9.59 Å². The van der Waals surface area contributed by atoms with Crippen LogP contribution in [0.4, 0.5) is 4.79 Å². The number of nitrogens with one attached hydrogen (secondary N) is 3. The lowest BCUT2D eigenvalue weighted by molar-refractivity contribution is -0.132. The minimum atomic E-state index is -1.27. The minimum absolute atomic E-state index is 0.0395. The van der Waals surface area contributed by atoms with Gasteiger partial charge in [0, 0.05) is 12.4 Å². The maximum absolute atomic E-state index is 11.1. The van der Waals surface area contributed by atoms with Crippen molar-refractivity contribution in [3.05, 3.63) is 23.7 Å². The second kappa shape index (κ2) is 8.71. The zero-order chi connectivity index (χ0) is 17.3. The highest BCUT2D eigenvalue weighted by Gasteiger charge is 2.16. The predicted molar refractivity (Wildman–Crippen MR) is 83.3 cm³/mol. The average molecular weight is 312 g/mol. The van der Waals surface area contributed by atoms with E-state index in [1.54, 1.807) is 19.9 Å². The van der Waals surface area contributed by atoms with Crippen LogP contribution in [-0.4, -0.2) is 35.5 Å². The summed E-state index contributed by atoms with van der Waals surface area (Å²) in [5.41, 5.74) is 4.03. The van der Waals surface area contributed by atoms with E-state index in [-0.39, 0.29) is 17.4 Å². The molecule has 22 heavy (non-hydrogen) atoms. The van der Waals surface area contributed by atoms with Gasteiger partial charge in [0.1, 0.15) is 5.57 Å². The minimum Gasteiger partial charge on any atom is -0.478 e. The topological polar surface area (TPSA) is 138 Å². The quantitative estimate of drug-likeness (QED) is 0.247. The average Bonchev–Trinajstić information content (AvgIpc) is 2.33. The number of hydrogen-bond donors (Lipinski definition) is 5. The van der Waals surface area contributed by atoms with Crippen molar-refractivity contribution < 1.29 is 19.4 Å². The maximum Gasteiger partial charge on any atom is 0.342 e. The van der Waals surface area contributed by atoms with Gasteiger partial charge in [0.2, 0.25) is 5.88 Å². The van der Waals surface area contributed by atoms with Crippen LogP contribution in [0.3, 0.4) is 0 Å². The second-order valence-corrected chi connectivity index (χ2v) is 5.59. The summed E-state index contributed by atoms with van der Waals surface area (Å²) in [4.78, 5) is 21.9. The number of hydrogen-bond acceptors (Lipinski definition) is 5. The zero-order valence-corrected chi connectivity index (χ0v) is 13.3. The van der Waals surface area contributed by atoms with Gasteiger partial charge < -0.3 is 31.6 Å². The summed E-state index contributed by atoms with van der Waals surface area (Å²) in [6.45, 7) is 7.55. The van der Waals surface area contributed by atoms with Crippen LogP contribution in [-0.2, 0) is 9.53 Å². The molecule has 0 fully saturated rings. The highest BCUT2D eigenvalue weighted by atomic mass is 16.5. The van der Waals surface area contributed by atoms with Gasteiger partial charge in [-0.1, -0.05) is 13.8 Å². The molecule has 0 atom stereocenters. The lowest BCUT2D eigenvalue weighted by Gasteiger charge is -2.21. The molecule has 6 N–H and O–H groups in total. The first-order chi connectivity index (χ1) is 10.1. The fourth-order valence-electron chi connectivity index (χ4n) is 1.36. The standard InChI is InChI=1S/C14H24N4O4/c1-9(2)8-22-11(10(7-15)12(19)20)17-6-5-14(3,4)18-13(16)21/h5-7,9,15,17H,8H2,1-4H3,(H,19,20)(H3,16,18,21)/b6-5+,11-10-,15-7?. The highest BCUT2D eigenvalue weighted by Crippen LogP contribution is 2.07. The van der Waals surface area contributed by atoms with Crippen LogP contribution in [0.1, 0.15) is 27.7 Å². The zero-order valence-electron chi connectivity index (χ0n) is 13.3. The molecular weight excluding hydrogens is 288 g/mol. The molecule has 124 valence electrons. The van der Waals surface area contributed by atoms with Crippen LogP contribution >= 0.6 is 0 Å². The maximum atomic E-state index is 11.1. The summed E-state index contributed by atoms with van der Waals surface area (Å²) in [6.07, 6.45) is 3.71. The number of carboxylic acids is 1. The Balaban J connectivity index is 5.11. The Morgan fingerprint density at radius 1 is 1.41 bits per heavy atom. The lowest BCUT2D eigenvalue weighted by atomic mass is 10.1. The summed E-state index contributed by atoms with van der Waals surface area (Å²) >= 11 is 0. The molecule has 2 amide bonds. The van der Waals surface area contributed by atoms with Crippen molar-refractivity contribution in [2.24, 2.45) is 11.7 Å². The molecular formula is C14H24N4O4. The Labute approximate surface area is 129 Å². The van der Waals surface area contributed by atoms with Gasteiger partial charge in [0.25, 0.3) is 0 Å². The van der Waals surface area contributed by atoms with Crippen molar-refractivity contribution in [1.82, 2.24) is 10.6 Å². The number of primary amides is 1. The number of ether oxygens (including phenoxy) is 1. The van der Waals surface area contributed by atoms with Crippen molar-refractivity contribution in [1.29, 1.82) is 5.41 Å². The van der Waals surface area contributed by atoms with E-state index in [1.807, 2.05) is 13.8 Å². The van der Waals surface area contributed by atoms with E-state index in [0.717, 1.165) is 0 Å². The molecule has 0 bridgehead atoms. The van der Waals surface area contributed by atoms with Crippen molar-refractivity contribution >= 4 is 18.2 Å². The molecule has 0 saturated heterocycles. The highest BCUT2D eigenvalue weighted by molar-refractivity contribution is 6.07. The molecule has 8 nitrogen and oxygen atoms in total. The van der Waals surface area contributed by atoms with Gasteiger partial charge in [0.15, 0.2) is 0 Å². The number of rotatable bonds is 9. The molecule has 8 heteroatoms. The Kier molecular flexibility index (Phi) is 7.71. The number of carbonyl (C=O) groups is 2. The molecule has 0 saturated carbocycles. The molecule has 0 unspecified atom stereocenters. The fraction of sp³-hybridized carbons (Fsp3) is 0.500. The summed E-state index contributed by atoms with van der Waals surface area (Å²) in [6, 6.07) is -0.674. The van der Waals surface area contributed by atoms with Crippen molar-refractivity contribution in [3.8, 4) is 0 Å². The van der Waals surface area contributed by atoms with E-state index >= 15 is 0 Å². The van der Waals surface area contributed by atoms with E-state index in [9.17, 15) is 9.59 Å². The third-order valence-corrected chi connectivity index (χ3v) is 2.34. The van der Waals surface area contributed by atoms with Crippen LogP contribution in [0.25, 0.3) is 0 Å². The van der Waals surface area contributed by atoms with Gasteiger partial charge in [-0.15, -0.1) is 0 Å². The van der Waals surface area contributed by atoms with Gasteiger partial charge in [-0.05, 0) is 25.8 Å². The summed E-state index contributed by atoms with van der Waals surface area (Å²) in [5, 5.41) is 21.4. The Morgan fingerprint density at radius 3 is 2.41 bits per heavy atom. The first kappa shape index (κ1) is 19.5. The Morgan fingerprint density at radius 2 is 2.00 bits per heavy atom. The molecule has 0 aromatic rings. The number of urea groups is 1. The molecule has 0 radical (unpaired) electrons. The fourth-order valence-corrected chi connectivity index (χ4v) is 1.36. The van der Waals surface area contributed by atoms with Crippen molar-refractivity contribution in [2.45, 2.75) is 33.2 Å². The molecule has 0 aromatic carbocycles. The molecule has 0 aliphatic heterocycles. The van der Waals surface area contributed by atoms with E-state index in [2.05, 4.69) is 10.6 Å². The third kappa shape index (κ3) is 7.93. The smallest absolute Gasteiger partial charge is 0.342 e. The van der Waals surface area contributed by atoms with Crippen LogP contribution in [0.2, 0.25) is 0 Å². The number of nitrogens with two attached hydrogens (primary N) is 1.